The Morgan fingerprint density at radius 2 is 1.62 bits per heavy atom. The van der Waals surface area contributed by atoms with Gasteiger partial charge in [-0.3, -0.25) is 14.5 Å². The van der Waals surface area contributed by atoms with Gasteiger partial charge in [-0.1, -0.05) is 48.5 Å². The van der Waals surface area contributed by atoms with Gasteiger partial charge in [0, 0.05) is 43.4 Å². The van der Waals surface area contributed by atoms with Gasteiger partial charge < -0.3 is 20.9 Å². The predicted molar refractivity (Wildman–Crippen MR) is 170 cm³/mol. The largest absolute Gasteiger partial charge is 0.397 e. The Morgan fingerprint density at radius 3 is 2.33 bits per heavy atom. The van der Waals surface area contributed by atoms with Gasteiger partial charge in [0.1, 0.15) is 0 Å². The third-order valence-corrected chi connectivity index (χ3v) is 8.76. The molecule has 2 fully saturated rings. The smallest absolute Gasteiger partial charge is 0.255 e. The number of nitrogen functional groups attached to an aromatic ring is 1. The van der Waals surface area contributed by atoms with Crippen molar-refractivity contribution < 1.29 is 4.79 Å². The average molecular weight is 562 g/mol. The fourth-order valence-corrected chi connectivity index (χ4v) is 5.97. The second-order valence-corrected chi connectivity index (χ2v) is 11.8. The van der Waals surface area contributed by atoms with Crippen molar-refractivity contribution in [1.82, 2.24) is 14.8 Å². The van der Waals surface area contributed by atoms with Crippen LogP contribution in [-0.4, -0.2) is 41.1 Å². The maximum atomic E-state index is 12.6. The van der Waals surface area contributed by atoms with E-state index in [1.807, 2.05) is 42.6 Å². The molecule has 2 heterocycles. The van der Waals surface area contributed by atoms with Crippen LogP contribution in [0.4, 0.5) is 11.4 Å². The number of nitrogens with zero attached hydrogens (tertiary/aromatic N) is 2. The van der Waals surface area contributed by atoms with Crippen molar-refractivity contribution in [3.05, 3.63) is 118 Å². The summed E-state index contributed by atoms with van der Waals surface area (Å²) in [6.45, 7) is 4.19. The topological polar surface area (TPSA) is 92.4 Å². The molecule has 0 radical (unpaired) electrons. The molecule has 1 amide bonds. The minimum absolute atomic E-state index is 0.0106. The Labute approximate surface area is 247 Å². The number of aromatic nitrogens is 1. The third-order valence-electron chi connectivity index (χ3n) is 8.76. The van der Waals surface area contributed by atoms with Crippen LogP contribution < -0.4 is 21.9 Å². The predicted octanol–water partition coefficient (Wildman–Crippen LogP) is 5.24. The van der Waals surface area contributed by atoms with Gasteiger partial charge in [-0.25, -0.2) is 0 Å². The fourth-order valence-electron chi connectivity index (χ4n) is 5.97. The van der Waals surface area contributed by atoms with Gasteiger partial charge in [-0.05, 0) is 97.4 Å². The number of para-hydroxylation sites is 2. The van der Waals surface area contributed by atoms with Crippen molar-refractivity contribution in [2.75, 3.05) is 30.7 Å². The summed E-state index contributed by atoms with van der Waals surface area (Å²) in [6.07, 6.45) is 5.51. The van der Waals surface area contributed by atoms with Gasteiger partial charge in [-0.15, -0.1) is 0 Å². The van der Waals surface area contributed by atoms with Gasteiger partial charge >= 0.3 is 0 Å². The maximum absolute atomic E-state index is 12.6. The molecule has 1 saturated carbocycles. The third kappa shape index (κ3) is 6.64. The summed E-state index contributed by atoms with van der Waals surface area (Å²) in [5, 5.41) is 6.72. The number of pyridine rings is 1. The number of carbonyl (C=O) groups excluding carboxylic acids is 1. The molecule has 42 heavy (non-hydrogen) atoms. The molecule has 216 valence electrons. The molecule has 7 heteroatoms. The van der Waals surface area contributed by atoms with Crippen molar-refractivity contribution in [3.63, 3.8) is 0 Å². The van der Waals surface area contributed by atoms with E-state index in [1.54, 1.807) is 23.7 Å². The number of piperidine rings is 1. The monoisotopic (exact) mass is 561 g/mol. The Kier molecular flexibility index (Phi) is 8.22. The summed E-state index contributed by atoms with van der Waals surface area (Å²) in [4.78, 5) is 26.8. The van der Waals surface area contributed by atoms with Crippen LogP contribution in [0.2, 0.25) is 0 Å². The molecule has 1 aliphatic carbocycles. The van der Waals surface area contributed by atoms with E-state index in [2.05, 4.69) is 51.9 Å². The standard InChI is InChI=1S/C35H39N5O2/c1-39-23-29(14-15-34(39)41)26-10-12-27(13-11-26)30-20-33(30)37-21-24-16-18-40(19-17-24)22-25-6-8-28(9-7-25)35(42)38-32-5-3-2-4-31(32)36/h2-15,23-24,30,33,37H,16-22,36H2,1H3,(H,38,42)/t30-,33+/m1/s1. The molecule has 1 saturated heterocycles. The van der Waals surface area contributed by atoms with E-state index in [4.69, 9.17) is 5.73 Å². The van der Waals surface area contributed by atoms with Crippen molar-refractivity contribution >= 4 is 17.3 Å². The van der Waals surface area contributed by atoms with E-state index in [1.165, 1.54) is 30.4 Å². The molecule has 2 atom stereocenters. The lowest BCUT2D eigenvalue weighted by atomic mass is 9.96. The summed E-state index contributed by atoms with van der Waals surface area (Å²) >= 11 is 0. The lowest BCUT2D eigenvalue weighted by molar-refractivity contribution is 0.102. The van der Waals surface area contributed by atoms with Crippen LogP contribution >= 0.6 is 0 Å². The fraction of sp³-hybridized carbons (Fsp3) is 0.314. The van der Waals surface area contributed by atoms with Crippen molar-refractivity contribution in [1.29, 1.82) is 0 Å². The molecule has 7 nitrogen and oxygen atoms in total. The van der Waals surface area contributed by atoms with Crippen molar-refractivity contribution in [2.45, 2.75) is 37.8 Å². The van der Waals surface area contributed by atoms with Crippen LogP contribution in [0.15, 0.2) is 95.9 Å². The lowest BCUT2D eigenvalue weighted by Crippen LogP contribution is -2.37. The number of benzene rings is 3. The SMILES string of the molecule is Cn1cc(-c2ccc([C@H]3C[C@@H]3NCC3CCN(Cc4ccc(C(=O)Nc5ccccc5N)cc4)CC3)cc2)ccc1=O. The number of amides is 1. The van der Waals surface area contributed by atoms with Crippen molar-refractivity contribution in [2.24, 2.45) is 13.0 Å². The number of anilines is 2. The lowest BCUT2D eigenvalue weighted by Gasteiger charge is -2.32. The molecule has 2 aliphatic rings. The minimum Gasteiger partial charge on any atom is -0.397 e. The molecule has 4 aromatic rings. The van der Waals surface area contributed by atoms with Gasteiger partial charge in [0.25, 0.3) is 5.91 Å². The van der Waals surface area contributed by atoms with E-state index < -0.39 is 0 Å². The van der Waals surface area contributed by atoms with E-state index in [0.717, 1.165) is 37.3 Å². The Bertz CT molecular complexity index is 1590. The number of likely N-dealkylation sites (tertiary alicyclic amines) is 1. The second kappa shape index (κ2) is 12.3. The number of hydrogen-bond acceptors (Lipinski definition) is 5. The highest BCUT2D eigenvalue weighted by molar-refractivity contribution is 6.05. The highest BCUT2D eigenvalue weighted by Gasteiger charge is 2.38. The molecule has 6 rings (SSSR count). The maximum Gasteiger partial charge on any atom is 0.255 e. The van der Waals surface area contributed by atoms with Gasteiger partial charge in [-0.2, -0.15) is 0 Å². The quantitative estimate of drug-likeness (QED) is 0.243. The molecule has 1 aromatic heterocycles. The Morgan fingerprint density at radius 1 is 0.905 bits per heavy atom. The van der Waals surface area contributed by atoms with Crippen LogP contribution in [0.5, 0.6) is 0 Å². The van der Waals surface area contributed by atoms with Gasteiger partial charge in [0.15, 0.2) is 0 Å². The van der Waals surface area contributed by atoms with Crippen LogP contribution in [-0.2, 0) is 13.6 Å². The average Bonchev–Trinajstić information content (AvgIpc) is 3.80. The second-order valence-electron chi connectivity index (χ2n) is 11.8. The first-order chi connectivity index (χ1) is 20.4. The van der Waals surface area contributed by atoms with E-state index in [-0.39, 0.29) is 11.5 Å². The molecule has 3 aromatic carbocycles. The summed E-state index contributed by atoms with van der Waals surface area (Å²) < 4.78 is 1.62. The highest BCUT2D eigenvalue weighted by atomic mass is 16.1. The summed E-state index contributed by atoms with van der Waals surface area (Å²) in [5.74, 6) is 1.16. The number of nitrogens with two attached hydrogens (primary N) is 1. The zero-order chi connectivity index (χ0) is 29.1. The molecular weight excluding hydrogens is 522 g/mol. The normalized spacial score (nSPS) is 19.0. The number of carbonyl (C=O) groups is 1. The number of nitrogens with one attached hydrogen (secondary N) is 2. The van der Waals surface area contributed by atoms with Crippen molar-refractivity contribution in [3.8, 4) is 11.1 Å². The van der Waals surface area contributed by atoms with E-state index in [9.17, 15) is 9.59 Å². The highest BCUT2D eigenvalue weighted by Crippen LogP contribution is 2.41. The zero-order valence-electron chi connectivity index (χ0n) is 24.1. The van der Waals surface area contributed by atoms with Crippen LogP contribution in [0.25, 0.3) is 11.1 Å². The number of hydrogen-bond donors (Lipinski definition) is 3. The number of rotatable bonds is 9. The molecule has 4 N–H and O–H groups in total. The number of aryl methyl sites for hydroxylation is 1. The first-order valence-corrected chi connectivity index (χ1v) is 14.9. The first-order valence-electron chi connectivity index (χ1n) is 14.9. The Hall–Kier alpha value is -4.20. The summed E-state index contributed by atoms with van der Waals surface area (Å²) in [6, 6.07) is 28.1. The van der Waals surface area contributed by atoms with E-state index in [0.29, 0.717) is 34.8 Å². The zero-order valence-corrected chi connectivity index (χ0v) is 24.1. The van der Waals surface area contributed by atoms with Crippen LogP contribution in [0.3, 0.4) is 0 Å². The molecule has 0 unspecified atom stereocenters. The summed E-state index contributed by atoms with van der Waals surface area (Å²) in [7, 11) is 1.79. The van der Waals surface area contributed by atoms with Crippen LogP contribution in [0, 0.1) is 5.92 Å². The van der Waals surface area contributed by atoms with E-state index >= 15 is 0 Å². The molecule has 0 spiro atoms. The minimum atomic E-state index is -0.149. The Balaban J connectivity index is 0.917. The summed E-state index contributed by atoms with van der Waals surface area (Å²) in [5.41, 5.74) is 12.6. The first kappa shape index (κ1) is 27.9. The van der Waals surface area contributed by atoms with Gasteiger partial charge in [0.2, 0.25) is 5.56 Å². The molecular formula is C35H39N5O2. The molecule has 0 bridgehead atoms. The molecule has 1 aliphatic heterocycles. The van der Waals surface area contributed by atoms with Gasteiger partial charge in [0.05, 0.1) is 11.4 Å². The van der Waals surface area contributed by atoms with Crippen LogP contribution in [0.1, 0.15) is 46.7 Å².